The van der Waals surface area contributed by atoms with E-state index in [1.807, 2.05) is 0 Å². The molecule has 0 aliphatic heterocycles. The molecule has 26 valence electrons. The molecule has 0 N–H and O–H groups in total. The first-order valence-electron chi connectivity index (χ1n) is 0.587. The maximum absolute atomic E-state index is 8.11. The molecule has 0 rings (SSSR count). The van der Waals surface area contributed by atoms with E-state index < -0.39 is 0 Å². The SMILES string of the molecule is N#[N+][O-].[C]=O. The summed E-state index contributed by atoms with van der Waals surface area (Å²) in [6.07, 6.45) is 0. The Labute approximate surface area is 28.6 Å². The molecule has 0 atom stereocenters. The Morgan fingerprint density at radius 3 is 1.80 bits per heavy atom. The van der Waals surface area contributed by atoms with Gasteiger partial charge in [-0.25, -0.2) is 0 Å². The first-order chi connectivity index (χ1) is 2.41. The fourth-order valence-corrected chi connectivity index (χ4v) is 0. The van der Waals surface area contributed by atoms with Crippen molar-refractivity contribution in [2.24, 2.45) is 0 Å². The second kappa shape index (κ2) is 853. The fourth-order valence-electron chi connectivity index (χ4n) is 0. The third-order valence-corrected chi connectivity index (χ3v) is 0. The van der Waals surface area contributed by atoms with Crippen LogP contribution in [0.3, 0.4) is 0 Å². The normalized spacial score (nSPS) is 2.20. The zero-order valence-electron chi connectivity index (χ0n) is 2.21. The third kappa shape index (κ3) is 1.86. The molecule has 4 nitrogen and oxygen atoms in total. The van der Waals surface area contributed by atoms with Crippen LogP contribution in [0.25, 0.3) is 5.14 Å². The zero-order valence-corrected chi connectivity index (χ0v) is 2.21. The van der Waals surface area contributed by atoms with Crippen LogP contribution in [-0.2, 0) is 4.79 Å². The van der Waals surface area contributed by atoms with E-state index in [-0.39, 0.29) is 0 Å². The van der Waals surface area contributed by atoms with Crippen LogP contribution in [0.2, 0.25) is 0 Å². The number of nitrogens with zero attached hydrogens (tertiary/aromatic N) is 2. The lowest BCUT2D eigenvalue weighted by molar-refractivity contribution is 0.574. The predicted molar refractivity (Wildman–Crippen MR) is 14.1 cm³/mol. The first-order valence-corrected chi connectivity index (χ1v) is 0.587. The van der Waals surface area contributed by atoms with Gasteiger partial charge >= 0.3 is 0 Å². The molecule has 0 bridgehead atoms. The van der Waals surface area contributed by atoms with Gasteiger partial charge in [0.1, 0.15) is 0 Å². The highest BCUT2D eigenvalue weighted by Crippen LogP contribution is 1.32. The Morgan fingerprint density at radius 2 is 1.80 bits per heavy atom. The predicted octanol–water partition coefficient (Wildman–Crippen LogP) is -0.0598. The Hall–Kier alpha value is -1.11. The van der Waals surface area contributed by atoms with Gasteiger partial charge in [0, 0.05) is 0 Å². The average molecular weight is 72.0 g/mol. The van der Waals surface area contributed by atoms with Crippen molar-refractivity contribution in [3.8, 4) is 0 Å². The molecule has 0 aliphatic rings. The molecule has 0 unspecified atom stereocenters. The fraction of sp³-hybridized carbons (Fsp3) is 0. The van der Waals surface area contributed by atoms with Gasteiger partial charge in [0.05, 0.1) is 0 Å². The Bertz CT molecular complexity index is 37.4. The van der Waals surface area contributed by atoms with Crippen molar-refractivity contribution in [3.63, 3.8) is 0 Å². The number of rotatable bonds is 0. The monoisotopic (exact) mass is 72.0 g/mol. The third-order valence-electron chi connectivity index (χ3n) is 0. The summed E-state index contributed by atoms with van der Waals surface area (Å²) in [6.45, 7) is 4.50. The van der Waals surface area contributed by atoms with Crippen LogP contribution in [0.1, 0.15) is 0 Å². The summed E-state index contributed by atoms with van der Waals surface area (Å²) < 4.78 is 0. The Kier molecular flexibility index (Phi) is 1550. The van der Waals surface area contributed by atoms with E-state index in [2.05, 4.69) is 6.79 Å². The second-order valence-electron chi connectivity index (χ2n) is 0.0816. The molecule has 0 saturated carbocycles. The van der Waals surface area contributed by atoms with Crippen LogP contribution in [-0.4, -0.2) is 6.79 Å². The minimum atomic E-state index is 1.25. The van der Waals surface area contributed by atoms with E-state index in [4.69, 9.17) is 15.4 Å². The van der Waals surface area contributed by atoms with E-state index in [1.165, 1.54) is 5.14 Å². The topological polar surface area (TPSA) is 68.3 Å². The smallest absolute Gasteiger partial charge is 0.281 e. The molecular weight excluding hydrogens is 72.0 g/mol. The summed E-state index contributed by atoms with van der Waals surface area (Å²) in [5.74, 6) is 0. The van der Waals surface area contributed by atoms with Crippen molar-refractivity contribution in [2.75, 3.05) is 0 Å². The van der Waals surface area contributed by atoms with Gasteiger partial charge in [-0.15, -0.1) is 0 Å². The van der Waals surface area contributed by atoms with E-state index in [1.54, 1.807) is 0 Å². The maximum Gasteiger partial charge on any atom is 0.281 e. The minimum absolute atomic E-state index is 1.25. The molecule has 5 heavy (non-hydrogen) atoms. The van der Waals surface area contributed by atoms with Crippen molar-refractivity contribution < 1.29 is 4.79 Å². The van der Waals surface area contributed by atoms with Gasteiger partial charge in [-0.3, -0.25) is 4.79 Å². The van der Waals surface area contributed by atoms with E-state index in [0.717, 1.165) is 0 Å². The molecule has 0 aliphatic carbocycles. The van der Waals surface area contributed by atoms with Crippen molar-refractivity contribution in [3.05, 3.63) is 10.3 Å². The molecule has 0 aromatic carbocycles. The van der Waals surface area contributed by atoms with Gasteiger partial charge in [-0.1, -0.05) is 0 Å². The highest BCUT2D eigenvalue weighted by atomic mass is 16.4. The lowest BCUT2D eigenvalue weighted by Gasteiger charge is -1.26. The van der Waals surface area contributed by atoms with Gasteiger partial charge in [0.2, 0.25) is 10.5 Å². The summed E-state index contributed by atoms with van der Waals surface area (Å²) in [5, 5.41) is 16.0. The highest BCUT2D eigenvalue weighted by Gasteiger charge is 1.19. The lowest BCUT2D eigenvalue weighted by atomic mass is 11.9. The van der Waals surface area contributed by atoms with E-state index in [9.17, 15) is 0 Å². The summed E-state index contributed by atoms with van der Waals surface area (Å²) in [6, 6.07) is 0. The number of diazo groups is 1. The van der Waals surface area contributed by atoms with Crippen LogP contribution < -0.4 is 0 Å². The van der Waals surface area contributed by atoms with Crippen molar-refractivity contribution >= 4 is 6.79 Å². The first kappa shape index (κ1) is 9.10. The largest absolute Gasteiger partial charge is 0.463 e. The number of carbonyl (C=O) groups excluding carboxylic acids is 1. The quantitative estimate of drug-likeness (QED) is 0.297. The number of hydrogen-bond donors (Lipinski definition) is 0. The van der Waals surface area contributed by atoms with Crippen LogP contribution in [0.4, 0.5) is 0 Å². The molecule has 0 spiro atoms. The average Bonchev–Trinajstić information content (AvgIpc) is 1.46. The molecule has 0 heterocycles. The van der Waals surface area contributed by atoms with Gasteiger partial charge in [-0.05, 0) is 0 Å². The summed E-state index contributed by atoms with van der Waals surface area (Å²) in [5.41, 5.74) is 0. The molecule has 0 aromatic heterocycles. The Balaban J connectivity index is 0. The summed E-state index contributed by atoms with van der Waals surface area (Å²) in [4.78, 5) is 7.50. The lowest BCUT2D eigenvalue weighted by Crippen LogP contribution is -1.00. The van der Waals surface area contributed by atoms with Crippen LogP contribution >= 0.6 is 0 Å². The summed E-state index contributed by atoms with van der Waals surface area (Å²) in [7, 11) is 0. The van der Waals surface area contributed by atoms with Crippen LogP contribution in [0.15, 0.2) is 0 Å². The second-order valence-corrected chi connectivity index (χ2v) is 0.0816. The molecule has 0 fully saturated rings. The van der Waals surface area contributed by atoms with E-state index in [0.29, 0.717) is 0 Å². The van der Waals surface area contributed by atoms with E-state index >= 15 is 0 Å². The molecular formula is CN2O2. The van der Waals surface area contributed by atoms with Crippen molar-refractivity contribution in [1.29, 1.82) is 5.39 Å². The van der Waals surface area contributed by atoms with Gasteiger partial charge < -0.3 is 5.21 Å². The van der Waals surface area contributed by atoms with Crippen LogP contribution in [0.5, 0.6) is 0 Å². The minimum Gasteiger partial charge on any atom is -0.463 e. The molecule has 0 amide bonds. The molecule has 0 aromatic rings. The van der Waals surface area contributed by atoms with Crippen molar-refractivity contribution in [2.45, 2.75) is 0 Å². The van der Waals surface area contributed by atoms with Gasteiger partial charge in [0.25, 0.3) is 6.79 Å². The Morgan fingerprint density at radius 1 is 1.80 bits per heavy atom. The highest BCUT2D eigenvalue weighted by molar-refractivity contribution is 5.12. The molecule has 0 saturated heterocycles. The zero-order chi connectivity index (χ0) is 4.71. The summed E-state index contributed by atoms with van der Waals surface area (Å²) >= 11 is 0. The number of hydrogen-bond acceptors (Lipinski definition) is 3. The molecule has 2 radical (unpaired) electrons. The van der Waals surface area contributed by atoms with Crippen LogP contribution in [0, 0.1) is 10.6 Å². The standard InChI is InChI=1S/CO.N2O/c1-2;1-2-3. The van der Waals surface area contributed by atoms with Gasteiger partial charge in [-0.2, -0.15) is 0 Å². The molecule has 4 heteroatoms. The maximum atomic E-state index is 8.11. The van der Waals surface area contributed by atoms with Gasteiger partial charge in [0.15, 0.2) is 0 Å². The van der Waals surface area contributed by atoms with Crippen molar-refractivity contribution in [1.82, 2.24) is 0 Å².